The summed E-state index contributed by atoms with van der Waals surface area (Å²) in [5, 5.41) is 9.89. The monoisotopic (exact) mass is 332 g/mol. The highest BCUT2D eigenvalue weighted by atomic mass is 79.9. The number of phenolic OH excluding ortho intramolecular Hbond substituents is 1. The average Bonchev–Trinajstić information content (AvgIpc) is 2.75. The van der Waals surface area contributed by atoms with Crippen molar-refractivity contribution in [3.63, 3.8) is 0 Å². The van der Waals surface area contributed by atoms with Crippen molar-refractivity contribution < 1.29 is 9.84 Å². The standard InChI is InChI=1S/C15H13BrN2O2/c1-18-12-5-4-10(16)8-11(12)17-15(18)9-3-6-14(20-2)13(19)7-9/h3-8,19H,1-2H3. The molecule has 0 saturated heterocycles. The van der Waals surface area contributed by atoms with Gasteiger partial charge in [0.1, 0.15) is 5.82 Å². The lowest BCUT2D eigenvalue weighted by molar-refractivity contribution is 0.373. The van der Waals surface area contributed by atoms with Crippen molar-refractivity contribution in [1.29, 1.82) is 0 Å². The molecule has 20 heavy (non-hydrogen) atoms. The molecule has 0 aliphatic heterocycles. The number of aromatic hydroxyl groups is 1. The van der Waals surface area contributed by atoms with Gasteiger partial charge in [0.15, 0.2) is 11.5 Å². The van der Waals surface area contributed by atoms with Gasteiger partial charge in [0.2, 0.25) is 0 Å². The molecule has 0 aliphatic rings. The molecule has 102 valence electrons. The molecule has 0 saturated carbocycles. The number of aromatic nitrogens is 2. The molecule has 0 fully saturated rings. The molecule has 1 aromatic heterocycles. The average molecular weight is 333 g/mol. The fraction of sp³-hybridized carbons (Fsp3) is 0.133. The minimum atomic E-state index is 0.109. The smallest absolute Gasteiger partial charge is 0.160 e. The van der Waals surface area contributed by atoms with Gasteiger partial charge in [-0.05, 0) is 36.4 Å². The summed E-state index contributed by atoms with van der Waals surface area (Å²) in [5.74, 6) is 1.37. The van der Waals surface area contributed by atoms with Crippen LogP contribution in [0.2, 0.25) is 0 Å². The van der Waals surface area contributed by atoms with Crippen molar-refractivity contribution in [3.8, 4) is 22.9 Å². The number of nitrogens with zero attached hydrogens (tertiary/aromatic N) is 2. The van der Waals surface area contributed by atoms with E-state index >= 15 is 0 Å². The highest BCUT2D eigenvalue weighted by molar-refractivity contribution is 9.10. The summed E-state index contributed by atoms with van der Waals surface area (Å²) in [4.78, 5) is 4.62. The number of hydrogen-bond donors (Lipinski definition) is 1. The lowest BCUT2D eigenvalue weighted by Crippen LogP contribution is -1.93. The Labute approximate surface area is 124 Å². The number of fused-ring (bicyclic) bond motifs is 1. The van der Waals surface area contributed by atoms with Crippen LogP contribution in [0.5, 0.6) is 11.5 Å². The first-order chi connectivity index (χ1) is 9.60. The molecule has 2 aromatic carbocycles. The van der Waals surface area contributed by atoms with Gasteiger partial charge in [-0.3, -0.25) is 0 Å². The normalized spacial score (nSPS) is 10.9. The molecular weight excluding hydrogens is 320 g/mol. The predicted octanol–water partition coefficient (Wildman–Crippen LogP) is 3.72. The second kappa shape index (κ2) is 4.83. The third-order valence-electron chi connectivity index (χ3n) is 3.28. The molecule has 0 atom stereocenters. The van der Waals surface area contributed by atoms with Crippen LogP contribution in [0.1, 0.15) is 0 Å². The van der Waals surface area contributed by atoms with E-state index in [0.29, 0.717) is 5.75 Å². The maximum atomic E-state index is 9.89. The zero-order chi connectivity index (χ0) is 14.3. The molecule has 1 heterocycles. The van der Waals surface area contributed by atoms with Gasteiger partial charge in [0, 0.05) is 17.1 Å². The predicted molar refractivity (Wildman–Crippen MR) is 82.1 cm³/mol. The van der Waals surface area contributed by atoms with Gasteiger partial charge in [-0.25, -0.2) is 4.98 Å². The van der Waals surface area contributed by atoms with E-state index in [0.717, 1.165) is 26.9 Å². The second-order valence-electron chi connectivity index (χ2n) is 4.51. The minimum absolute atomic E-state index is 0.109. The summed E-state index contributed by atoms with van der Waals surface area (Å²) in [6.07, 6.45) is 0. The first-order valence-electron chi connectivity index (χ1n) is 6.09. The summed E-state index contributed by atoms with van der Waals surface area (Å²) < 4.78 is 8.05. The molecule has 0 radical (unpaired) electrons. The number of benzene rings is 2. The van der Waals surface area contributed by atoms with E-state index in [1.54, 1.807) is 12.1 Å². The van der Waals surface area contributed by atoms with Gasteiger partial charge in [0.25, 0.3) is 0 Å². The van der Waals surface area contributed by atoms with E-state index in [4.69, 9.17) is 4.74 Å². The third kappa shape index (κ3) is 2.04. The van der Waals surface area contributed by atoms with E-state index in [2.05, 4.69) is 20.9 Å². The van der Waals surface area contributed by atoms with E-state index in [-0.39, 0.29) is 5.75 Å². The number of ether oxygens (including phenoxy) is 1. The van der Waals surface area contributed by atoms with Gasteiger partial charge in [-0.2, -0.15) is 0 Å². The summed E-state index contributed by atoms with van der Waals surface area (Å²) in [7, 11) is 3.49. The lowest BCUT2D eigenvalue weighted by atomic mass is 10.2. The third-order valence-corrected chi connectivity index (χ3v) is 3.77. The zero-order valence-corrected chi connectivity index (χ0v) is 12.7. The molecular formula is C15H13BrN2O2. The fourth-order valence-corrected chi connectivity index (χ4v) is 2.61. The number of methoxy groups -OCH3 is 1. The second-order valence-corrected chi connectivity index (χ2v) is 5.43. The quantitative estimate of drug-likeness (QED) is 0.778. The molecule has 0 amide bonds. The molecule has 3 rings (SSSR count). The molecule has 1 N–H and O–H groups in total. The van der Waals surface area contributed by atoms with E-state index in [9.17, 15) is 5.11 Å². The van der Waals surface area contributed by atoms with Crippen molar-refractivity contribution >= 4 is 27.0 Å². The van der Waals surface area contributed by atoms with Gasteiger partial charge in [-0.15, -0.1) is 0 Å². The Balaban J connectivity index is 2.19. The van der Waals surface area contributed by atoms with Gasteiger partial charge in [0.05, 0.1) is 18.1 Å². The Morgan fingerprint density at radius 2 is 2.00 bits per heavy atom. The molecule has 0 unspecified atom stereocenters. The summed E-state index contributed by atoms with van der Waals surface area (Å²) in [6.45, 7) is 0. The number of aryl methyl sites for hydroxylation is 1. The van der Waals surface area contributed by atoms with E-state index < -0.39 is 0 Å². The van der Waals surface area contributed by atoms with Crippen LogP contribution >= 0.6 is 15.9 Å². The number of phenols is 1. The van der Waals surface area contributed by atoms with Crippen LogP contribution in [0.4, 0.5) is 0 Å². The van der Waals surface area contributed by atoms with E-state index in [1.807, 2.05) is 35.9 Å². The first-order valence-corrected chi connectivity index (χ1v) is 6.89. The SMILES string of the molecule is COc1ccc(-c2nc3cc(Br)ccc3n2C)cc1O. The maximum Gasteiger partial charge on any atom is 0.160 e. The molecule has 0 spiro atoms. The van der Waals surface area contributed by atoms with Crippen LogP contribution in [0.25, 0.3) is 22.4 Å². The summed E-state index contributed by atoms with van der Waals surface area (Å²) in [5.41, 5.74) is 2.80. The lowest BCUT2D eigenvalue weighted by Gasteiger charge is -2.06. The topological polar surface area (TPSA) is 47.3 Å². The molecule has 0 bridgehead atoms. The fourth-order valence-electron chi connectivity index (χ4n) is 2.26. The minimum Gasteiger partial charge on any atom is -0.504 e. The van der Waals surface area contributed by atoms with Crippen molar-refractivity contribution in [2.45, 2.75) is 0 Å². The number of imidazole rings is 1. The molecule has 5 heteroatoms. The number of rotatable bonds is 2. The Morgan fingerprint density at radius 3 is 2.70 bits per heavy atom. The number of hydrogen-bond acceptors (Lipinski definition) is 3. The molecule has 0 aliphatic carbocycles. The zero-order valence-electron chi connectivity index (χ0n) is 11.1. The van der Waals surface area contributed by atoms with Crippen LogP contribution in [-0.4, -0.2) is 21.8 Å². The van der Waals surface area contributed by atoms with Crippen molar-refractivity contribution in [2.24, 2.45) is 7.05 Å². The Kier molecular flexibility index (Phi) is 3.14. The first kappa shape index (κ1) is 13.0. The van der Waals surface area contributed by atoms with Gasteiger partial charge < -0.3 is 14.4 Å². The Bertz CT molecular complexity index is 796. The van der Waals surface area contributed by atoms with Crippen molar-refractivity contribution in [2.75, 3.05) is 7.11 Å². The van der Waals surface area contributed by atoms with Crippen LogP contribution in [0, 0.1) is 0 Å². The summed E-state index contributed by atoms with van der Waals surface area (Å²) in [6, 6.07) is 11.3. The Hall–Kier alpha value is -2.01. The maximum absolute atomic E-state index is 9.89. The highest BCUT2D eigenvalue weighted by Crippen LogP contribution is 2.32. The van der Waals surface area contributed by atoms with Crippen molar-refractivity contribution in [3.05, 3.63) is 40.9 Å². The van der Waals surface area contributed by atoms with Gasteiger partial charge >= 0.3 is 0 Å². The van der Waals surface area contributed by atoms with Gasteiger partial charge in [-0.1, -0.05) is 15.9 Å². The highest BCUT2D eigenvalue weighted by Gasteiger charge is 2.12. The van der Waals surface area contributed by atoms with Crippen LogP contribution in [0.3, 0.4) is 0 Å². The van der Waals surface area contributed by atoms with Crippen molar-refractivity contribution in [1.82, 2.24) is 9.55 Å². The summed E-state index contributed by atoms with van der Waals surface area (Å²) >= 11 is 3.45. The molecule has 4 nitrogen and oxygen atoms in total. The van der Waals surface area contributed by atoms with Crippen LogP contribution in [0.15, 0.2) is 40.9 Å². The van der Waals surface area contributed by atoms with Crippen LogP contribution in [-0.2, 0) is 7.05 Å². The van der Waals surface area contributed by atoms with E-state index in [1.165, 1.54) is 7.11 Å². The molecule has 3 aromatic rings. The number of halogens is 1. The largest absolute Gasteiger partial charge is 0.504 e. The Morgan fingerprint density at radius 1 is 1.20 bits per heavy atom. The van der Waals surface area contributed by atoms with Crippen LogP contribution < -0.4 is 4.74 Å².